The highest BCUT2D eigenvalue weighted by Crippen LogP contribution is 2.25. The van der Waals surface area contributed by atoms with Crippen molar-refractivity contribution in [3.05, 3.63) is 0 Å². The molecule has 1 nitrogen and oxygen atoms in total. The minimum atomic E-state index is -4.76. The van der Waals surface area contributed by atoms with Crippen molar-refractivity contribution in [1.29, 1.82) is 0 Å². The van der Waals surface area contributed by atoms with Gasteiger partial charge in [-0.15, -0.1) is 0 Å². The first-order chi connectivity index (χ1) is 4.34. The molecular weight excluding hydrogens is 150 g/mol. The Hall–Kier alpha value is -0.320. The van der Waals surface area contributed by atoms with Gasteiger partial charge in [0.2, 0.25) is 0 Å². The molecule has 5 heteroatoms. The predicted octanol–water partition coefficient (Wildman–Crippen LogP) is 1.62. The molecule has 0 fully saturated rings. The van der Waals surface area contributed by atoms with Gasteiger partial charge >= 0.3 is 6.18 Å². The molecule has 0 aromatic heterocycles. The second kappa shape index (κ2) is 3.18. The number of alkyl halides is 4. The van der Waals surface area contributed by atoms with Crippen LogP contribution in [0.15, 0.2) is 0 Å². The van der Waals surface area contributed by atoms with E-state index >= 15 is 0 Å². The third-order valence-electron chi connectivity index (χ3n) is 0.934. The van der Waals surface area contributed by atoms with Crippen molar-refractivity contribution in [3.63, 3.8) is 0 Å². The molecule has 0 aromatic rings. The quantitative estimate of drug-likeness (QED) is 0.609. The van der Waals surface area contributed by atoms with Crippen molar-refractivity contribution in [1.82, 2.24) is 0 Å². The van der Waals surface area contributed by atoms with Crippen molar-refractivity contribution >= 4 is 0 Å². The number of hydrogen-bond donors (Lipinski definition) is 1. The molecule has 0 aliphatic heterocycles. The molecule has 10 heavy (non-hydrogen) atoms. The normalized spacial score (nSPS) is 18.6. The van der Waals surface area contributed by atoms with Crippen molar-refractivity contribution in [2.75, 3.05) is 0 Å². The molecule has 0 saturated carbocycles. The van der Waals surface area contributed by atoms with Crippen molar-refractivity contribution in [3.8, 4) is 0 Å². The van der Waals surface area contributed by atoms with E-state index in [0.29, 0.717) is 0 Å². The Kier molecular flexibility index (Phi) is 3.08. The Morgan fingerprint density at radius 2 is 1.80 bits per heavy atom. The summed E-state index contributed by atoms with van der Waals surface area (Å²) in [7, 11) is 0. The van der Waals surface area contributed by atoms with Gasteiger partial charge < -0.3 is 5.73 Å². The van der Waals surface area contributed by atoms with E-state index in [-0.39, 0.29) is 0 Å². The maximum Gasteiger partial charge on any atom is 0.419 e. The lowest BCUT2D eigenvalue weighted by Gasteiger charge is -2.13. The predicted molar refractivity (Wildman–Crippen MR) is 29.2 cm³/mol. The average molecular weight is 159 g/mol. The lowest BCUT2D eigenvalue weighted by molar-refractivity contribution is -0.182. The molecule has 2 N–H and O–H groups in total. The molecule has 0 bridgehead atoms. The van der Waals surface area contributed by atoms with E-state index in [1.54, 1.807) is 0 Å². The highest BCUT2D eigenvalue weighted by atomic mass is 19.4. The summed E-state index contributed by atoms with van der Waals surface area (Å²) in [6.07, 6.45) is -8.20. The Balaban J connectivity index is 3.73. The van der Waals surface area contributed by atoms with Gasteiger partial charge in [-0.25, -0.2) is 4.39 Å². The van der Waals surface area contributed by atoms with Crippen LogP contribution in [0.4, 0.5) is 17.6 Å². The standard InChI is InChI=1S/C5H9F4N/c1-3(10)2-4(6)5(7,8)9/h3-4H,2,10H2,1H3. The third kappa shape index (κ3) is 3.66. The summed E-state index contributed by atoms with van der Waals surface area (Å²) in [5.41, 5.74) is 4.95. The third-order valence-corrected chi connectivity index (χ3v) is 0.934. The highest BCUT2D eigenvalue weighted by Gasteiger charge is 2.40. The first-order valence-electron chi connectivity index (χ1n) is 2.80. The summed E-state index contributed by atoms with van der Waals surface area (Å²) in [4.78, 5) is 0. The molecule has 0 spiro atoms. The summed E-state index contributed by atoms with van der Waals surface area (Å²) in [6, 6.07) is -0.753. The second-order valence-corrected chi connectivity index (χ2v) is 2.22. The number of halogens is 4. The first-order valence-corrected chi connectivity index (χ1v) is 2.80. The minimum Gasteiger partial charge on any atom is -0.328 e. The second-order valence-electron chi connectivity index (χ2n) is 2.22. The molecule has 62 valence electrons. The smallest absolute Gasteiger partial charge is 0.328 e. The number of nitrogens with two attached hydrogens (primary N) is 1. The Bertz CT molecular complexity index is 98.3. The van der Waals surface area contributed by atoms with Crippen LogP contribution in [0, 0.1) is 0 Å². The van der Waals surface area contributed by atoms with Crippen LogP contribution in [0.3, 0.4) is 0 Å². The minimum absolute atomic E-state index is 0.663. The molecule has 0 aromatic carbocycles. The van der Waals surface area contributed by atoms with Crippen LogP contribution in [-0.4, -0.2) is 18.4 Å². The molecule has 0 heterocycles. The van der Waals surface area contributed by atoms with E-state index in [9.17, 15) is 17.6 Å². The van der Waals surface area contributed by atoms with E-state index in [1.807, 2.05) is 0 Å². The molecule has 0 aliphatic rings. The van der Waals surface area contributed by atoms with Gasteiger partial charge in [0.1, 0.15) is 0 Å². The SMILES string of the molecule is CC(N)CC(F)C(F)(F)F. The summed E-state index contributed by atoms with van der Waals surface area (Å²) < 4.78 is 46.1. The van der Waals surface area contributed by atoms with E-state index in [1.165, 1.54) is 6.92 Å². The topological polar surface area (TPSA) is 26.0 Å². The van der Waals surface area contributed by atoms with Crippen LogP contribution in [0.2, 0.25) is 0 Å². The average Bonchev–Trinajstić information content (AvgIpc) is 1.60. The van der Waals surface area contributed by atoms with Crippen molar-refractivity contribution < 1.29 is 17.6 Å². The number of rotatable bonds is 2. The van der Waals surface area contributed by atoms with Gasteiger partial charge in [-0.1, -0.05) is 0 Å². The van der Waals surface area contributed by atoms with Crippen LogP contribution in [0.5, 0.6) is 0 Å². The van der Waals surface area contributed by atoms with Crippen molar-refractivity contribution in [2.24, 2.45) is 5.73 Å². The first kappa shape index (κ1) is 9.68. The van der Waals surface area contributed by atoms with Gasteiger partial charge in [-0.2, -0.15) is 13.2 Å². The number of hydrogen-bond acceptors (Lipinski definition) is 1. The zero-order valence-electron chi connectivity index (χ0n) is 5.45. The molecule has 0 saturated heterocycles. The van der Waals surface area contributed by atoms with Gasteiger partial charge in [-0.05, 0) is 6.92 Å². The summed E-state index contributed by atoms with van der Waals surface area (Å²) in [5, 5.41) is 0. The fourth-order valence-corrected chi connectivity index (χ4v) is 0.460. The van der Waals surface area contributed by atoms with Crippen LogP contribution in [0.1, 0.15) is 13.3 Å². The van der Waals surface area contributed by atoms with Crippen molar-refractivity contribution in [2.45, 2.75) is 31.7 Å². The molecule has 0 radical (unpaired) electrons. The summed E-state index contributed by atoms with van der Waals surface area (Å²) in [6.45, 7) is 1.33. The van der Waals surface area contributed by atoms with E-state index in [2.05, 4.69) is 0 Å². The van der Waals surface area contributed by atoms with Gasteiger partial charge in [0.05, 0.1) is 0 Å². The summed E-state index contributed by atoms with van der Waals surface area (Å²) >= 11 is 0. The largest absolute Gasteiger partial charge is 0.419 e. The zero-order chi connectivity index (χ0) is 8.36. The van der Waals surface area contributed by atoms with Crippen LogP contribution in [-0.2, 0) is 0 Å². The van der Waals surface area contributed by atoms with Crippen LogP contribution in [0.25, 0.3) is 0 Å². The molecule has 2 atom stereocenters. The Morgan fingerprint density at radius 3 is 1.90 bits per heavy atom. The van der Waals surface area contributed by atoms with Gasteiger partial charge in [0.25, 0.3) is 0 Å². The van der Waals surface area contributed by atoms with Gasteiger partial charge in [-0.3, -0.25) is 0 Å². The zero-order valence-corrected chi connectivity index (χ0v) is 5.45. The molecule has 0 rings (SSSR count). The Labute approximate surface area is 56.2 Å². The lowest BCUT2D eigenvalue weighted by atomic mass is 10.2. The van der Waals surface area contributed by atoms with E-state index < -0.39 is 24.8 Å². The summed E-state index contributed by atoms with van der Waals surface area (Å²) in [5.74, 6) is 0. The fourth-order valence-electron chi connectivity index (χ4n) is 0.460. The highest BCUT2D eigenvalue weighted by molar-refractivity contribution is 4.69. The van der Waals surface area contributed by atoms with Gasteiger partial charge in [0, 0.05) is 12.5 Å². The molecule has 2 unspecified atom stereocenters. The van der Waals surface area contributed by atoms with Gasteiger partial charge in [0.15, 0.2) is 6.17 Å². The Morgan fingerprint density at radius 1 is 1.40 bits per heavy atom. The molecule has 0 amide bonds. The fraction of sp³-hybridized carbons (Fsp3) is 1.00. The molecule has 0 aliphatic carbocycles. The maximum atomic E-state index is 12.0. The lowest BCUT2D eigenvalue weighted by Crippen LogP contribution is -2.31. The monoisotopic (exact) mass is 159 g/mol. The van der Waals surface area contributed by atoms with Crippen LogP contribution >= 0.6 is 0 Å². The van der Waals surface area contributed by atoms with E-state index in [0.717, 1.165) is 0 Å². The molecular formula is C5H9F4N. The van der Waals surface area contributed by atoms with Crippen LogP contribution < -0.4 is 5.73 Å². The van der Waals surface area contributed by atoms with E-state index in [4.69, 9.17) is 5.73 Å². The maximum absolute atomic E-state index is 12.0.